The number of nitrogens with zero attached hydrogens (tertiary/aromatic N) is 1. The van der Waals surface area contributed by atoms with Crippen LogP contribution >= 0.6 is 0 Å². The average molecular weight is 286 g/mol. The first kappa shape index (κ1) is 17.2. The molecular formula is C18H26N2O. The van der Waals surface area contributed by atoms with Gasteiger partial charge in [0, 0.05) is 12.7 Å². The fraction of sp³-hybridized carbons (Fsp3) is 0.389. The van der Waals surface area contributed by atoms with Gasteiger partial charge in [0.1, 0.15) is 0 Å². The van der Waals surface area contributed by atoms with Crippen LogP contribution in [0.5, 0.6) is 0 Å². The summed E-state index contributed by atoms with van der Waals surface area (Å²) in [7, 11) is 1.77. The molecule has 1 aromatic carbocycles. The second kappa shape index (κ2) is 8.42. The molecule has 2 N–H and O–H groups in total. The van der Waals surface area contributed by atoms with Crippen molar-refractivity contribution in [3.63, 3.8) is 0 Å². The number of aliphatic hydroxyl groups is 1. The molecule has 0 saturated heterocycles. The van der Waals surface area contributed by atoms with E-state index < -0.39 is 0 Å². The van der Waals surface area contributed by atoms with E-state index in [9.17, 15) is 5.11 Å². The number of aryl methyl sites for hydroxylation is 2. The predicted molar refractivity (Wildman–Crippen MR) is 92.0 cm³/mol. The van der Waals surface area contributed by atoms with E-state index >= 15 is 0 Å². The third-order valence-corrected chi connectivity index (χ3v) is 3.33. The Kier molecular flexibility index (Phi) is 6.89. The third-order valence-electron chi connectivity index (χ3n) is 3.33. The normalized spacial score (nSPS) is 12.0. The molecule has 3 heteroatoms. The Balaban J connectivity index is 2.92. The fourth-order valence-corrected chi connectivity index (χ4v) is 2.23. The lowest BCUT2D eigenvalue weighted by molar-refractivity contribution is 0.281. The van der Waals surface area contributed by atoms with E-state index in [1.165, 1.54) is 0 Å². The molecule has 0 atom stereocenters. The number of unbranched alkanes of at least 4 members (excludes halogenated alkanes) is 1. The summed E-state index contributed by atoms with van der Waals surface area (Å²) in [6, 6.07) is 3.97. The zero-order chi connectivity index (χ0) is 15.8. The Morgan fingerprint density at radius 2 is 1.95 bits per heavy atom. The summed E-state index contributed by atoms with van der Waals surface area (Å²) in [6.45, 7) is 10.3. The van der Waals surface area contributed by atoms with Gasteiger partial charge in [0.05, 0.1) is 18.0 Å². The van der Waals surface area contributed by atoms with Crippen molar-refractivity contribution >= 4 is 11.4 Å². The highest BCUT2D eigenvalue weighted by Crippen LogP contribution is 2.24. The van der Waals surface area contributed by atoms with Gasteiger partial charge in [-0.15, -0.1) is 0 Å². The van der Waals surface area contributed by atoms with Crippen LogP contribution in [-0.2, 0) is 6.61 Å². The third kappa shape index (κ3) is 4.87. The molecule has 0 heterocycles. The molecule has 0 radical (unpaired) electrons. The zero-order valence-electron chi connectivity index (χ0n) is 13.5. The first-order valence-corrected chi connectivity index (χ1v) is 7.34. The van der Waals surface area contributed by atoms with Crippen LogP contribution in [-0.4, -0.2) is 17.9 Å². The molecule has 0 fully saturated rings. The standard InChI is InChI=1S/C18H26N2O/c1-6-7-8-9-17(19-5)15(4)20-18-13(2)10-16(12-21)11-14(18)3/h8-11,20-21H,4,6-7,12H2,1-3,5H3/b9-8-,19-17?. The maximum Gasteiger partial charge on any atom is 0.0796 e. The summed E-state index contributed by atoms with van der Waals surface area (Å²) in [5.74, 6) is 0. The van der Waals surface area contributed by atoms with E-state index in [0.29, 0.717) is 0 Å². The van der Waals surface area contributed by atoms with Crippen molar-refractivity contribution in [2.45, 2.75) is 40.2 Å². The number of nitrogens with one attached hydrogen (secondary N) is 1. The number of hydrogen-bond acceptors (Lipinski definition) is 3. The second-order valence-electron chi connectivity index (χ2n) is 5.17. The minimum atomic E-state index is 0.0599. The first-order valence-electron chi connectivity index (χ1n) is 7.34. The highest BCUT2D eigenvalue weighted by atomic mass is 16.3. The summed E-state index contributed by atoms with van der Waals surface area (Å²) >= 11 is 0. The Bertz CT molecular complexity index is 533. The molecule has 0 bridgehead atoms. The van der Waals surface area contributed by atoms with Gasteiger partial charge in [-0.2, -0.15) is 0 Å². The average Bonchev–Trinajstić information content (AvgIpc) is 2.47. The smallest absolute Gasteiger partial charge is 0.0796 e. The summed E-state index contributed by atoms with van der Waals surface area (Å²) < 4.78 is 0. The monoisotopic (exact) mass is 286 g/mol. The first-order chi connectivity index (χ1) is 10.0. The minimum absolute atomic E-state index is 0.0599. The predicted octanol–water partition coefficient (Wildman–Crippen LogP) is 4.15. The van der Waals surface area contributed by atoms with Crippen LogP contribution in [0, 0.1) is 13.8 Å². The van der Waals surface area contributed by atoms with Crippen molar-refractivity contribution in [1.82, 2.24) is 0 Å². The van der Waals surface area contributed by atoms with Gasteiger partial charge in [-0.25, -0.2) is 0 Å². The molecule has 0 aliphatic rings. The number of rotatable bonds is 7. The number of aliphatic imine (C=N–C) groups is 1. The van der Waals surface area contributed by atoms with Crippen LogP contribution in [0.1, 0.15) is 36.5 Å². The van der Waals surface area contributed by atoms with Crippen molar-refractivity contribution in [2.24, 2.45) is 4.99 Å². The van der Waals surface area contributed by atoms with Crippen LogP contribution in [0.2, 0.25) is 0 Å². The molecule has 0 aliphatic heterocycles. The highest BCUT2D eigenvalue weighted by Gasteiger charge is 2.08. The Labute approximate surface area is 128 Å². The van der Waals surface area contributed by atoms with Gasteiger partial charge in [0.2, 0.25) is 0 Å². The Morgan fingerprint density at radius 1 is 1.33 bits per heavy atom. The zero-order valence-corrected chi connectivity index (χ0v) is 13.5. The lowest BCUT2D eigenvalue weighted by atomic mass is 10.0. The van der Waals surface area contributed by atoms with Crippen LogP contribution < -0.4 is 5.32 Å². The number of anilines is 1. The molecule has 0 aromatic heterocycles. The Hall–Kier alpha value is -1.87. The quantitative estimate of drug-likeness (QED) is 0.740. The molecular weight excluding hydrogens is 260 g/mol. The van der Waals surface area contributed by atoms with E-state index in [4.69, 9.17) is 0 Å². The van der Waals surface area contributed by atoms with Gasteiger partial charge in [-0.05, 0) is 43.0 Å². The minimum Gasteiger partial charge on any atom is -0.392 e. The topological polar surface area (TPSA) is 44.6 Å². The van der Waals surface area contributed by atoms with Gasteiger partial charge < -0.3 is 10.4 Å². The van der Waals surface area contributed by atoms with E-state index in [2.05, 4.69) is 29.9 Å². The van der Waals surface area contributed by atoms with E-state index in [1.54, 1.807) is 7.05 Å². The summed E-state index contributed by atoms with van der Waals surface area (Å²) in [5, 5.41) is 12.6. The summed E-state index contributed by atoms with van der Waals surface area (Å²) in [4.78, 5) is 4.28. The Morgan fingerprint density at radius 3 is 2.43 bits per heavy atom. The van der Waals surface area contributed by atoms with Crippen molar-refractivity contribution < 1.29 is 5.11 Å². The van der Waals surface area contributed by atoms with Crippen LogP contribution in [0.4, 0.5) is 5.69 Å². The molecule has 21 heavy (non-hydrogen) atoms. The van der Waals surface area contributed by atoms with Crippen molar-refractivity contribution in [3.05, 3.63) is 53.3 Å². The molecule has 3 nitrogen and oxygen atoms in total. The fourth-order valence-electron chi connectivity index (χ4n) is 2.23. The number of benzene rings is 1. The summed E-state index contributed by atoms with van der Waals surface area (Å²) in [6.07, 6.45) is 6.28. The lowest BCUT2D eigenvalue weighted by Crippen LogP contribution is -2.10. The highest BCUT2D eigenvalue weighted by molar-refractivity contribution is 6.09. The number of aliphatic hydroxyl groups excluding tert-OH is 1. The van der Waals surface area contributed by atoms with E-state index in [-0.39, 0.29) is 6.61 Å². The number of allylic oxidation sites excluding steroid dienone is 2. The largest absolute Gasteiger partial charge is 0.392 e. The lowest BCUT2D eigenvalue weighted by Gasteiger charge is -2.16. The summed E-state index contributed by atoms with van der Waals surface area (Å²) in [5.41, 5.74) is 5.78. The van der Waals surface area contributed by atoms with Crippen LogP contribution in [0.3, 0.4) is 0 Å². The SMILES string of the molecule is C=C(Nc1c(C)cc(CO)cc1C)C(/C=C\CCC)=NC. The molecule has 0 unspecified atom stereocenters. The van der Waals surface area contributed by atoms with Gasteiger partial charge in [0.25, 0.3) is 0 Å². The maximum absolute atomic E-state index is 9.24. The molecule has 1 aromatic rings. The molecule has 0 spiro atoms. The number of hydrogen-bond donors (Lipinski definition) is 2. The second-order valence-corrected chi connectivity index (χ2v) is 5.17. The van der Waals surface area contributed by atoms with Gasteiger partial charge >= 0.3 is 0 Å². The molecule has 0 aliphatic carbocycles. The van der Waals surface area contributed by atoms with E-state index in [1.807, 2.05) is 32.1 Å². The molecule has 0 saturated carbocycles. The molecule has 0 amide bonds. The van der Waals surface area contributed by atoms with Gasteiger partial charge in [-0.1, -0.05) is 38.1 Å². The van der Waals surface area contributed by atoms with Crippen LogP contribution in [0.15, 0.2) is 41.6 Å². The van der Waals surface area contributed by atoms with Gasteiger partial charge in [0.15, 0.2) is 0 Å². The van der Waals surface area contributed by atoms with Crippen molar-refractivity contribution in [2.75, 3.05) is 12.4 Å². The molecule has 1 rings (SSSR count). The van der Waals surface area contributed by atoms with Gasteiger partial charge in [-0.3, -0.25) is 4.99 Å². The molecule has 114 valence electrons. The maximum atomic E-state index is 9.24. The van der Waals surface area contributed by atoms with Crippen molar-refractivity contribution in [3.8, 4) is 0 Å². The van der Waals surface area contributed by atoms with E-state index in [0.717, 1.165) is 46.6 Å². The van der Waals surface area contributed by atoms with Crippen LogP contribution in [0.25, 0.3) is 0 Å². The van der Waals surface area contributed by atoms with Crippen molar-refractivity contribution in [1.29, 1.82) is 0 Å².